The van der Waals surface area contributed by atoms with Crippen molar-refractivity contribution in [2.24, 2.45) is 0 Å². The molecule has 3 atom stereocenters. The molecule has 5 rings (SSSR count). The van der Waals surface area contributed by atoms with Crippen LogP contribution >= 0.6 is 0 Å². The van der Waals surface area contributed by atoms with Crippen LogP contribution < -0.4 is 4.74 Å². The minimum Gasteiger partial charge on any atom is -0.489 e. The SMILES string of the molecule is Cc1nc(-c2ccnnc2)ccc1OC1CCC(OC2C[C@H]3CC[C@@H](C2)N3C(=O)OC(C)(C)C)CC1. The van der Waals surface area contributed by atoms with Gasteiger partial charge in [0.25, 0.3) is 0 Å². The molecule has 1 aliphatic carbocycles. The first-order chi connectivity index (χ1) is 17.2. The van der Waals surface area contributed by atoms with Crippen molar-refractivity contribution in [3.05, 3.63) is 36.3 Å². The van der Waals surface area contributed by atoms with Crippen LogP contribution in [0.25, 0.3) is 11.3 Å². The van der Waals surface area contributed by atoms with Gasteiger partial charge in [0.05, 0.1) is 42.1 Å². The monoisotopic (exact) mass is 494 g/mol. The molecule has 0 spiro atoms. The highest BCUT2D eigenvalue weighted by Crippen LogP contribution is 2.39. The second kappa shape index (κ2) is 10.3. The number of rotatable bonds is 5. The average Bonchev–Trinajstić information content (AvgIpc) is 3.12. The summed E-state index contributed by atoms with van der Waals surface area (Å²) < 4.78 is 18.6. The Balaban J connectivity index is 1.09. The molecule has 8 nitrogen and oxygen atoms in total. The first kappa shape index (κ1) is 24.9. The van der Waals surface area contributed by atoms with Crippen LogP contribution in [0.4, 0.5) is 4.79 Å². The molecule has 1 saturated carbocycles. The molecular weight excluding hydrogens is 456 g/mol. The van der Waals surface area contributed by atoms with E-state index in [1.54, 1.807) is 12.4 Å². The Bertz CT molecular complexity index is 1040. The van der Waals surface area contributed by atoms with Crippen LogP contribution in [-0.2, 0) is 9.47 Å². The summed E-state index contributed by atoms with van der Waals surface area (Å²) in [6.07, 6.45) is 11.8. The molecule has 0 radical (unpaired) electrons. The highest BCUT2D eigenvalue weighted by atomic mass is 16.6. The lowest BCUT2D eigenvalue weighted by Gasteiger charge is -2.41. The van der Waals surface area contributed by atoms with Crippen molar-refractivity contribution in [3.8, 4) is 17.0 Å². The van der Waals surface area contributed by atoms with E-state index in [1.807, 2.05) is 50.8 Å². The van der Waals surface area contributed by atoms with Crippen LogP contribution in [0.3, 0.4) is 0 Å². The second-order valence-electron chi connectivity index (χ2n) is 11.4. The number of fused-ring (bicyclic) bond motifs is 2. The lowest BCUT2D eigenvalue weighted by atomic mass is 9.93. The Hall–Kier alpha value is -2.74. The largest absolute Gasteiger partial charge is 0.489 e. The number of piperidine rings is 1. The zero-order valence-corrected chi connectivity index (χ0v) is 21.9. The van der Waals surface area contributed by atoms with Gasteiger partial charge < -0.3 is 19.1 Å². The van der Waals surface area contributed by atoms with Crippen LogP contribution in [0.15, 0.2) is 30.6 Å². The first-order valence-electron chi connectivity index (χ1n) is 13.3. The smallest absolute Gasteiger partial charge is 0.410 e. The van der Waals surface area contributed by atoms with E-state index in [0.29, 0.717) is 0 Å². The number of ether oxygens (including phenoxy) is 3. The third kappa shape index (κ3) is 5.80. The number of aryl methyl sites for hydroxylation is 1. The lowest BCUT2D eigenvalue weighted by molar-refractivity contribution is -0.0813. The van der Waals surface area contributed by atoms with Crippen molar-refractivity contribution in [1.82, 2.24) is 20.1 Å². The molecule has 2 saturated heterocycles. The van der Waals surface area contributed by atoms with Crippen molar-refractivity contribution in [2.75, 3.05) is 0 Å². The summed E-state index contributed by atoms with van der Waals surface area (Å²) in [6.45, 7) is 7.77. The quantitative estimate of drug-likeness (QED) is 0.544. The van der Waals surface area contributed by atoms with Crippen LogP contribution in [0.2, 0.25) is 0 Å². The standard InChI is InChI=1S/C28H38N4O4/c1-18-26(12-11-25(31-18)19-13-14-29-30-17-19)35-23-9-7-22(8-10-23)34-24-15-20-5-6-21(16-24)32(20)27(33)36-28(2,3)4/h11-14,17,20-24H,5-10,15-16H2,1-4H3/t20-,21+,22?,23?,24?. The fourth-order valence-electron chi connectivity index (χ4n) is 5.86. The average molecular weight is 495 g/mol. The molecule has 0 aromatic carbocycles. The number of carbonyl (C=O) groups is 1. The first-order valence-corrected chi connectivity index (χ1v) is 13.3. The van der Waals surface area contributed by atoms with Gasteiger partial charge in [-0.1, -0.05) is 0 Å². The predicted molar refractivity (Wildman–Crippen MR) is 136 cm³/mol. The second-order valence-corrected chi connectivity index (χ2v) is 11.4. The zero-order valence-electron chi connectivity index (χ0n) is 21.9. The molecule has 3 aliphatic rings. The molecule has 8 heteroatoms. The molecule has 36 heavy (non-hydrogen) atoms. The van der Waals surface area contributed by atoms with E-state index < -0.39 is 5.60 Å². The van der Waals surface area contributed by atoms with Crippen molar-refractivity contribution >= 4 is 6.09 Å². The van der Waals surface area contributed by atoms with Gasteiger partial charge in [-0.05, 0) is 97.3 Å². The van der Waals surface area contributed by atoms with Gasteiger partial charge in [-0.3, -0.25) is 0 Å². The summed E-state index contributed by atoms with van der Waals surface area (Å²) in [6, 6.07) is 6.37. The molecule has 2 aromatic heterocycles. The van der Waals surface area contributed by atoms with Gasteiger partial charge >= 0.3 is 6.09 Å². The fraction of sp³-hybridized carbons (Fsp3) is 0.643. The summed E-state index contributed by atoms with van der Waals surface area (Å²) in [5.41, 5.74) is 2.24. The van der Waals surface area contributed by atoms with E-state index in [4.69, 9.17) is 19.2 Å². The molecule has 0 N–H and O–H groups in total. The van der Waals surface area contributed by atoms with Gasteiger partial charge in [0.2, 0.25) is 0 Å². The molecule has 2 bridgehead atoms. The molecule has 4 heterocycles. The maximum atomic E-state index is 12.7. The van der Waals surface area contributed by atoms with Crippen LogP contribution in [0.1, 0.15) is 77.8 Å². The van der Waals surface area contributed by atoms with Crippen molar-refractivity contribution in [3.63, 3.8) is 0 Å². The number of pyridine rings is 1. The van der Waals surface area contributed by atoms with Gasteiger partial charge in [0, 0.05) is 17.6 Å². The maximum absolute atomic E-state index is 12.7. The zero-order chi connectivity index (χ0) is 25.3. The van der Waals surface area contributed by atoms with Gasteiger partial charge in [-0.15, -0.1) is 0 Å². The van der Waals surface area contributed by atoms with E-state index >= 15 is 0 Å². The molecule has 1 unspecified atom stereocenters. The topological polar surface area (TPSA) is 86.7 Å². The number of amides is 1. The number of aromatic nitrogens is 3. The Morgan fingerprint density at radius 2 is 1.61 bits per heavy atom. The lowest BCUT2D eigenvalue weighted by Crippen LogP contribution is -2.50. The summed E-state index contributed by atoms with van der Waals surface area (Å²) in [7, 11) is 0. The van der Waals surface area contributed by atoms with Crippen LogP contribution in [0, 0.1) is 6.92 Å². The summed E-state index contributed by atoms with van der Waals surface area (Å²) in [4.78, 5) is 19.4. The summed E-state index contributed by atoms with van der Waals surface area (Å²) in [5, 5.41) is 7.77. The van der Waals surface area contributed by atoms with Crippen LogP contribution in [0.5, 0.6) is 5.75 Å². The molecule has 1 amide bonds. The summed E-state index contributed by atoms with van der Waals surface area (Å²) >= 11 is 0. The van der Waals surface area contributed by atoms with Crippen molar-refractivity contribution < 1.29 is 19.0 Å². The van der Waals surface area contributed by atoms with E-state index in [9.17, 15) is 4.79 Å². The van der Waals surface area contributed by atoms with E-state index in [2.05, 4.69) is 10.2 Å². The van der Waals surface area contributed by atoms with Gasteiger partial charge in [0.15, 0.2) is 0 Å². The minimum absolute atomic E-state index is 0.165. The predicted octanol–water partition coefficient (Wildman–Crippen LogP) is 5.48. The van der Waals surface area contributed by atoms with Crippen molar-refractivity contribution in [1.29, 1.82) is 0 Å². The number of hydrogen-bond acceptors (Lipinski definition) is 7. The maximum Gasteiger partial charge on any atom is 0.410 e. The number of nitrogens with zero attached hydrogens (tertiary/aromatic N) is 4. The Morgan fingerprint density at radius 3 is 2.22 bits per heavy atom. The molecule has 194 valence electrons. The van der Waals surface area contributed by atoms with E-state index in [0.717, 1.165) is 74.1 Å². The normalized spacial score (nSPS) is 28.1. The molecule has 3 fully saturated rings. The Kier molecular flexibility index (Phi) is 7.15. The Labute approximate surface area is 213 Å². The highest BCUT2D eigenvalue weighted by Gasteiger charge is 2.45. The van der Waals surface area contributed by atoms with E-state index in [1.165, 1.54) is 0 Å². The third-order valence-corrected chi connectivity index (χ3v) is 7.51. The summed E-state index contributed by atoms with van der Waals surface area (Å²) in [5.74, 6) is 0.844. The van der Waals surface area contributed by atoms with Crippen molar-refractivity contribution in [2.45, 2.75) is 115 Å². The fourth-order valence-corrected chi connectivity index (χ4v) is 5.86. The molecule has 2 aliphatic heterocycles. The highest BCUT2D eigenvalue weighted by molar-refractivity contribution is 5.69. The minimum atomic E-state index is -0.460. The number of hydrogen-bond donors (Lipinski definition) is 0. The molecular formula is C28H38N4O4. The third-order valence-electron chi connectivity index (χ3n) is 7.51. The van der Waals surface area contributed by atoms with Crippen LogP contribution in [-0.4, -0.2) is 62.2 Å². The van der Waals surface area contributed by atoms with E-state index in [-0.39, 0.29) is 36.5 Å². The Morgan fingerprint density at radius 1 is 0.917 bits per heavy atom. The van der Waals surface area contributed by atoms with Gasteiger partial charge in [-0.25, -0.2) is 9.78 Å². The number of carbonyl (C=O) groups excluding carboxylic acids is 1. The van der Waals surface area contributed by atoms with Gasteiger partial charge in [-0.2, -0.15) is 10.2 Å². The van der Waals surface area contributed by atoms with Gasteiger partial charge in [0.1, 0.15) is 11.4 Å². The molecule has 2 aromatic rings.